The lowest BCUT2D eigenvalue weighted by molar-refractivity contribution is -0.386. The van der Waals surface area contributed by atoms with Gasteiger partial charge in [-0.25, -0.2) is 4.39 Å². The van der Waals surface area contributed by atoms with Crippen molar-refractivity contribution >= 4 is 5.69 Å². The van der Waals surface area contributed by atoms with Gasteiger partial charge in [0, 0.05) is 19.6 Å². The van der Waals surface area contributed by atoms with Gasteiger partial charge in [-0.05, 0) is 6.07 Å². The Balaban J connectivity index is 2.21. The summed E-state index contributed by atoms with van der Waals surface area (Å²) in [4.78, 5) is 10.0. The molecule has 0 aliphatic heterocycles. The Bertz CT molecular complexity index is 467. The second-order valence-electron chi connectivity index (χ2n) is 4.00. The summed E-state index contributed by atoms with van der Waals surface area (Å²) in [7, 11) is 1.39. The zero-order chi connectivity index (χ0) is 13.3. The van der Waals surface area contributed by atoms with Crippen molar-refractivity contribution in [3.63, 3.8) is 0 Å². The van der Waals surface area contributed by atoms with Crippen LogP contribution in [-0.2, 0) is 4.74 Å². The summed E-state index contributed by atoms with van der Waals surface area (Å²) in [6, 6.07) is 3.48. The van der Waals surface area contributed by atoms with E-state index >= 15 is 0 Å². The summed E-state index contributed by atoms with van der Waals surface area (Å²) in [6.07, 6.45) is -1.61. The van der Waals surface area contributed by atoms with Crippen LogP contribution in [0.4, 0.5) is 10.1 Å². The molecule has 1 aromatic rings. The molecule has 18 heavy (non-hydrogen) atoms. The fourth-order valence-electron chi connectivity index (χ4n) is 1.89. The smallest absolute Gasteiger partial charge is 0.314 e. The molecule has 7 heteroatoms. The second kappa shape index (κ2) is 4.87. The number of aliphatic hydroxyl groups excluding tert-OH is 1. The Kier molecular flexibility index (Phi) is 3.44. The molecule has 98 valence electrons. The summed E-state index contributed by atoms with van der Waals surface area (Å²) in [5.41, 5.74) is -0.439. The van der Waals surface area contributed by atoms with E-state index in [0.717, 1.165) is 12.1 Å². The maximum atomic E-state index is 13.5. The number of nitro groups is 1. The van der Waals surface area contributed by atoms with Gasteiger partial charge in [-0.2, -0.15) is 0 Å². The van der Waals surface area contributed by atoms with Crippen LogP contribution in [0, 0.1) is 15.9 Å². The van der Waals surface area contributed by atoms with E-state index in [-0.39, 0.29) is 6.42 Å². The quantitative estimate of drug-likeness (QED) is 0.648. The van der Waals surface area contributed by atoms with Gasteiger partial charge in [0.05, 0.1) is 11.0 Å². The van der Waals surface area contributed by atoms with Crippen LogP contribution in [0.5, 0.6) is 5.75 Å². The van der Waals surface area contributed by atoms with Crippen molar-refractivity contribution in [1.29, 1.82) is 0 Å². The van der Waals surface area contributed by atoms with Crippen molar-refractivity contribution in [2.24, 2.45) is 0 Å². The highest BCUT2D eigenvalue weighted by Crippen LogP contribution is 2.35. The molecular formula is C11H12FNO5. The highest BCUT2D eigenvalue weighted by atomic mass is 19.1. The summed E-state index contributed by atoms with van der Waals surface area (Å²) in [6.45, 7) is 0. The molecule has 1 saturated carbocycles. The van der Waals surface area contributed by atoms with E-state index in [1.807, 2.05) is 0 Å². The summed E-state index contributed by atoms with van der Waals surface area (Å²) < 4.78 is 23.7. The number of hydrogen-bond donors (Lipinski definition) is 1. The van der Waals surface area contributed by atoms with Gasteiger partial charge in [0.2, 0.25) is 5.75 Å². The van der Waals surface area contributed by atoms with Crippen LogP contribution in [0.2, 0.25) is 0 Å². The first-order chi connectivity index (χ1) is 8.54. The lowest BCUT2D eigenvalue weighted by Gasteiger charge is -2.39. The van der Waals surface area contributed by atoms with Crippen LogP contribution in [0.1, 0.15) is 6.42 Å². The Morgan fingerprint density at radius 1 is 1.56 bits per heavy atom. The summed E-state index contributed by atoms with van der Waals surface area (Å²) in [5, 5.41) is 20.1. The van der Waals surface area contributed by atoms with Gasteiger partial charge < -0.3 is 14.6 Å². The van der Waals surface area contributed by atoms with E-state index in [0.29, 0.717) is 0 Å². The van der Waals surface area contributed by atoms with E-state index in [4.69, 9.17) is 9.47 Å². The van der Waals surface area contributed by atoms with Crippen molar-refractivity contribution in [2.75, 3.05) is 7.11 Å². The number of rotatable bonds is 4. The fraction of sp³-hybridized carbons (Fsp3) is 0.455. The van der Waals surface area contributed by atoms with E-state index < -0.39 is 40.5 Å². The van der Waals surface area contributed by atoms with Crippen LogP contribution in [0.3, 0.4) is 0 Å². The molecule has 0 radical (unpaired) electrons. The lowest BCUT2D eigenvalue weighted by Crippen LogP contribution is -2.54. The van der Waals surface area contributed by atoms with Crippen molar-refractivity contribution in [1.82, 2.24) is 0 Å². The molecule has 3 unspecified atom stereocenters. The number of nitrogens with zero attached hydrogens (tertiary/aromatic N) is 1. The number of halogens is 1. The predicted octanol–water partition coefficient (Wildman–Crippen LogP) is 1.26. The standard InChI is InChI=1S/C11H12FNO5/c1-17-11-8(14)5-9(11)18-10-6(12)3-2-4-7(10)13(15)16/h2-4,8-9,11,14H,5H2,1H3. The fourth-order valence-corrected chi connectivity index (χ4v) is 1.89. The topological polar surface area (TPSA) is 81.8 Å². The summed E-state index contributed by atoms with van der Waals surface area (Å²) in [5.74, 6) is -1.22. The molecule has 0 bridgehead atoms. The number of nitro benzene ring substituents is 1. The largest absolute Gasteiger partial charge is 0.478 e. The molecule has 1 aliphatic carbocycles. The van der Waals surface area contributed by atoms with Crippen molar-refractivity contribution in [3.8, 4) is 5.75 Å². The lowest BCUT2D eigenvalue weighted by atomic mass is 9.88. The Morgan fingerprint density at radius 2 is 2.28 bits per heavy atom. The third-order valence-corrected chi connectivity index (χ3v) is 2.90. The van der Waals surface area contributed by atoms with Gasteiger partial charge in [0.1, 0.15) is 12.2 Å². The highest BCUT2D eigenvalue weighted by molar-refractivity contribution is 5.47. The minimum Gasteiger partial charge on any atom is -0.478 e. The molecule has 6 nitrogen and oxygen atoms in total. The normalized spacial score (nSPS) is 26.5. The monoisotopic (exact) mass is 257 g/mol. The second-order valence-corrected chi connectivity index (χ2v) is 4.00. The van der Waals surface area contributed by atoms with Crippen molar-refractivity contribution < 1.29 is 23.9 Å². The maximum absolute atomic E-state index is 13.5. The minimum absolute atomic E-state index is 0.254. The number of para-hydroxylation sites is 1. The molecule has 1 N–H and O–H groups in total. The zero-order valence-corrected chi connectivity index (χ0v) is 9.58. The molecule has 1 aliphatic rings. The Labute approximate surface area is 102 Å². The van der Waals surface area contributed by atoms with Gasteiger partial charge in [-0.1, -0.05) is 6.07 Å². The third kappa shape index (κ3) is 2.14. The summed E-state index contributed by atoms with van der Waals surface area (Å²) >= 11 is 0. The molecule has 0 spiro atoms. The molecule has 2 rings (SSSR count). The van der Waals surface area contributed by atoms with Gasteiger partial charge in [-0.3, -0.25) is 10.1 Å². The molecule has 0 heterocycles. The van der Waals surface area contributed by atoms with Gasteiger partial charge in [0.25, 0.3) is 0 Å². The van der Waals surface area contributed by atoms with E-state index in [1.54, 1.807) is 0 Å². The Morgan fingerprint density at radius 3 is 2.83 bits per heavy atom. The average Bonchev–Trinajstić information content (AvgIpc) is 2.30. The molecule has 1 aromatic carbocycles. The highest BCUT2D eigenvalue weighted by Gasteiger charge is 2.43. The molecule has 3 atom stereocenters. The number of methoxy groups -OCH3 is 1. The first kappa shape index (κ1) is 12.7. The SMILES string of the molecule is COC1C(O)CC1Oc1c(F)cccc1[N+](=O)[O-]. The first-order valence-electron chi connectivity index (χ1n) is 5.35. The van der Waals surface area contributed by atoms with E-state index in [9.17, 15) is 19.6 Å². The molecular weight excluding hydrogens is 245 g/mol. The minimum atomic E-state index is -0.805. The van der Waals surface area contributed by atoms with Gasteiger partial charge in [0.15, 0.2) is 5.82 Å². The van der Waals surface area contributed by atoms with Crippen molar-refractivity contribution in [2.45, 2.75) is 24.7 Å². The Hall–Kier alpha value is -1.73. The third-order valence-electron chi connectivity index (χ3n) is 2.90. The van der Waals surface area contributed by atoms with Crippen LogP contribution in [0.15, 0.2) is 18.2 Å². The first-order valence-corrected chi connectivity index (χ1v) is 5.35. The van der Waals surface area contributed by atoms with Gasteiger partial charge >= 0.3 is 5.69 Å². The van der Waals surface area contributed by atoms with Crippen LogP contribution < -0.4 is 4.74 Å². The average molecular weight is 257 g/mol. The number of benzene rings is 1. The molecule has 0 amide bonds. The zero-order valence-electron chi connectivity index (χ0n) is 9.58. The molecule has 0 aromatic heterocycles. The van der Waals surface area contributed by atoms with E-state index in [1.165, 1.54) is 13.2 Å². The number of ether oxygens (including phenoxy) is 2. The van der Waals surface area contributed by atoms with E-state index in [2.05, 4.69) is 0 Å². The van der Waals surface area contributed by atoms with Crippen LogP contribution >= 0.6 is 0 Å². The number of hydrogen-bond acceptors (Lipinski definition) is 5. The van der Waals surface area contributed by atoms with Crippen molar-refractivity contribution in [3.05, 3.63) is 34.1 Å². The number of aliphatic hydroxyl groups is 1. The van der Waals surface area contributed by atoms with Crippen LogP contribution in [-0.4, -0.2) is 35.5 Å². The van der Waals surface area contributed by atoms with Crippen LogP contribution in [0.25, 0.3) is 0 Å². The predicted molar refractivity (Wildman–Crippen MR) is 58.9 cm³/mol. The van der Waals surface area contributed by atoms with Gasteiger partial charge in [-0.15, -0.1) is 0 Å². The molecule has 1 fully saturated rings. The molecule has 0 saturated heterocycles. The maximum Gasteiger partial charge on any atom is 0.314 e.